The molecule has 0 aromatic heterocycles. The van der Waals surface area contributed by atoms with Gasteiger partial charge < -0.3 is 5.32 Å². The number of thiol groups is 1. The smallest absolute Gasteiger partial charge is 0.00146 e. The van der Waals surface area contributed by atoms with Crippen LogP contribution >= 0.6 is 12.6 Å². The molecule has 0 aliphatic carbocycles. The molecule has 80 valence electrons. The highest BCUT2D eigenvalue weighted by atomic mass is 32.1. The Bertz CT molecular complexity index is 96.1. The third-order valence-corrected chi connectivity index (χ3v) is 2.94. The molecular weight excluding hydrogens is 178 g/mol. The summed E-state index contributed by atoms with van der Waals surface area (Å²) < 4.78 is 0. The molecule has 1 atom stereocenters. The maximum Gasteiger partial charge on any atom is 0.00146 e. The number of rotatable bonds is 9. The Hall–Kier alpha value is 0.310. The van der Waals surface area contributed by atoms with Gasteiger partial charge in [-0.15, -0.1) is 0 Å². The van der Waals surface area contributed by atoms with Crippen LogP contribution in [0.5, 0.6) is 0 Å². The molecule has 0 saturated carbocycles. The largest absolute Gasteiger partial charge is 0.317 e. The molecule has 0 spiro atoms. The Morgan fingerprint density at radius 1 is 1.08 bits per heavy atom. The van der Waals surface area contributed by atoms with Crippen LogP contribution in [0.25, 0.3) is 0 Å². The van der Waals surface area contributed by atoms with E-state index in [0.717, 1.165) is 0 Å². The van der Waals surface area contributed by atoms with Gasteiger partial charge in [-0.2, -0.15) is 12.6 Å². The highest BCUT2D eigenvalue weighted by molar-refractivity contribution is 7.80. The molecule has 1 N–H and O–H groups in total. The van der Waals surface area contributed by atoms with Gasteiger partial charge in [0.15, 0.2) is 0 Å². The lowest BCUT2D eigenvalue weighted by molar-refractivity contribution is 0.578. The first-order valence-corrected chi connectivity index (χ1v) is 6.21. The Morgan fingerprint density at radius 2 is 1.77 bits per heavy atom. The summed E-state index contributed by atoms with van der Waals surface area (Å²) in [4.78, 5) is 0. The minimum Gasteiger partial charge on any atom is -0.317 e. The van der Waals surface area contributed by atoms with Crippen LogP contribution in [-0.4, -0.2) is 18.3 Å². The van der Waals surface area contributed by atoms with Crippen molar-refractivity contribution in [3.63, 3.8) is 0 Å². The van der Waals surface area contributed by atoms with Gasteiger partial charge in [-0.25, -0.2) is 0 Å². The van der Waals surface area contributed by atoms with E-state index < -0.39 is 0 Å². The van der Waals surface area contributed by atoms with Crippen molar-refractivity contribution in [1.29, 1.82) is 0 Å². The summed E-state index contributed by atoms with van der Waals surface area (Å²) in [5, 5.41) is 4.07. The summed E-state index contributed by atoms with van der Waals surface area (Å²) in [6.07, 6.45) is 7.72. The third kappa shape index (κ3) is 10.2. The first-order chi connectivity index (χ1) is 6.31. The lowest BCUT2D eigenvalue weighted by Gasteiger charge is -2.07. The average Bonchev–Trinajstić information content (AvgIpc) is 2.16. The number of unbranched alkanes of at least 4 members (excludes halogenated alkanes) is 2. The summed E-state index contributed by atoms with van der Waals surface area (Å²) in [6.45, 7) is 6.80. The minimum absolute atomic E-state index is 0.609. The van der Waals surface area contributed by atoms with Crippen LogP contribution in [0.3, 0.4) is 0 Å². The van der Waals surface area contributed by atoms with Crippen molar-refractivity contribution in [2.75, 3.05) is 13.1 Å². The van der Waals surface area contributed by atoms with E-state index in [1.54, 1.807) is 0 Å². The summed E-state index contributed by atoms with van der Waals surface area (Å²) in [7, 11) is 0. The van der Waals surface area contributed by atoms with Crippen molar-refractivity contribution < 1.29 is 0 Å². The van der Waals surface area contributed by atoms with Crippen LogP contribution in [0.1, 0.15) is 52.4 Å². The second-order valence-corrected chi connectivity index (χ2v) is 4.39. The maximum absolute atomic E-state index is 4.46. The quantitative estimate of drug-likeness (QED) is 0.433. The Kier molecular flexibility index (Phi) is 10.6. The van der Waals surface area contributed by atoms with Gasteiger partial charge in [0.1, 0.15) is 0 Å². The van der Waals surface area contributed by atoms with E-state index in [0.29, 0.717) is 5.25 Å². The van der Waals surface area contributed by atoms with E-state index in [-0.39, 0.29) is 0 Å². The second-order valence-electron chi connectivity index (χ2n) is 3.66. The number of nitrogens with one attached hydrogen (secondary N) is 1. The first kappa shape index (κ1) is 13.3. The van der Waals surface area contributed by atoms with Gasteiger partial charge >= 0.3 is 0 Å². The fourth-order valence-electron chi connectivity index (χ4n) is 1.29. The summed E-state index contributed by atoms with van der Waals surface area (Å²) in [5.41, 5.74) is 0. The van der Waals surface area contributed by atoms with E-state index in [4.69, 9.17) is 0 Å². The molecule has 1 nitrogen and oxygen atoms in total. The van der Waals surface area contributed by atoms with Crippen LogP contribution in [0, 0.1) is 0 Å². The molecule has 0 aliphatic rings. The second kappa shape index (κ2) is 10.4. The van der Waals surface area contributed by atoms with Crippen LogP contribution < -0.4 is 5.32 Å². The highest BCUT2D eigenvalue weighted by Gasteiger charge is 1.97. The Balaban J connectivity index is 2.91. The molecule has 0 bridgehead atoms. The summed E-state index contributed by atoms with van der Waals surface area (Å²) in [5.74, 6) is 0. The highest BCUT2D eigenvalue weighted by Crippen LogP contribution is 2.07. The Labute approximate surface area is 89.1 Å². The maximum atomic E-state index is 4.46. The van der Waals surface area contributed by atoms with Crippen LogP contribution in [0.15, 0.2) is 0 Å². The summed E-state index contributed by atoms with van der Waals surface area (Å²) >= 11 is 4.46. The van der Waals surface area contributed by atoms with Crippen molar-refractivity contribution in [2.24, 2.45) is 0 Å². The summed E-state index contributed by atoms with van der Waals surface area (Å²) in [6, 6.07) is 0. The van der Waals surface area contributed by atoms with E-state index in [9.17, 15) is 0 Å². The fourth-order valence-corrected chi connectivity index (χ4v) is 1.47. The molecule has 0 radical (unpaired) electrons. The minimum atomic E-state index is 0.609. The van der Waals surface area contributed by atoms with Crippen molar-refractivity contribution in [3.05, 3.63) is 0 Å². The number of hydrogen-bond donors (Lipinski definition) is 2. The lowest BCUT2D eigenvalue weighted by atomic mass is 10.2. The van der Waals surface area contributed by atoms with Gasteiger partial charge in [-0.05, 0) is 38.8 Å². The van der Waals surface area contributed by atoms with E-state index in [2.05, 4.69) is 31.8 Å². The third-order valence-electron chi connectivity index (χ3n) is 2.32. The molecule has 0 saturated heterocycles. The molecule has 2 heteroatoms. The van der Waals surface area contributed by atoms with Gasteiger partial charge in [0.05, 0.1) is 0 Å². The predicted octanol–water partition coefficient (Wildman–Crippen LogP) is 3.25. The van der Waals surface area contributed by atoms with Crippen LogP contribution in [-0.2, 0) is 0 Å². The zero-order valence-electron chi connectivity index (χ0n) is 9.18. The van der Waals surface area contributed by atoms with E-state index >= 15 is 0 Å². The fraction of sp³-hybridized carbons (Fsp3) is 1.00. The molecule has 0 fully saturated rings. The standard InChI is InChI=1S/C11H25NS/c1-3-5-6-9-12-10-7-8-11(13)4-2/h11-13H,3-10H2,1-2H3. The molecule has 1 unspecified atom stereocenters. The van der Waals surface area contributed by atoms with Crippen LogP contribution in [0.4, 0.5) is 0 Å². The lowest BCUT2D eigenvalue weighted by Crippen LogP contribution is -2.17. The van der Waals surface area contributed by atoms with Gasteiger partial charge in [-0.1, -0.05) is 26.7 Å². The molecule has 13 heavy (non-hydrogen) atoms. The van der Waals surface area contributed by atoms with Crippen LogP contribution in [0.2, 0.25) is 0 Å². The molecule has 0 amide bonds. The van der Waals surface area contributed by atoms with E-state index in [1.807, 2.05) is 0 Å². The topological polar surface area (TPSA) is 12.0 Å². The molecule has 0 heterocycles. The Morgan fingerprint density at radius 3 is 2.38 bits per heavy atom. The van der Waals surface area contributed by atoms with Crippen molar-refractivity contribution in [3.8, 4) is 0 Å². The molecule has 0 rings (SSSR count). The number of hydrogen-bond acceptors (Lipinski definition) is 2. The van der Waals surface area contributed by atoms with Crippen molar-refractivity contribution in [2.45, 2.75) is 57.6 Å². The SMILES string of the molecule is CCCCCNCCCC(S)CC. The van der Waals surface area contributed by atoms with E-state index in [1.165, 1.54) is 51.6 Å². The van der Waals surface area contributed by atoms with Gasteiger partial charge in [0.25, 0.3) is 0 Å². The van der Waals surface area contributed by atoms with Gasteiger partial charge in [-0.3, -0.25) is 0 Å². The predicted molar refractivity (Wildman–Crippen MR) is 64.7 cm³/mol. The molecule has 0 aromatic rings. The van der Waals surface area contributed by atoms with Crippen molar-refractivity contribution in [1.82, 2.24) is 5.32 Å². The zero-order valence-corrected chi connectivity index (χ0v) is 10.1. The van der Waals surface area contributed by atoms with Gasteiger partial charge in [0.2, 0.25) is 0 Å². The normalized spacial score (nSPS) is 13.2. The molecule has 0 aliphatic heterocycles. The average molecular weight is 203 g/mol. The zero-order chi connectivity index (χ0) is 9.94. The monoisotopic (exact) mass is 203 g/mol. The van der Waals surface area contributed by atoms with Gasteiger partial charge in [0, 0.05) is 5.25 Å². The van der Waals surface area contributed by atoms with Crippen molar-refractivity contribution >= 4 is 12.6 Å². The first-order valence-electron chi connectivity index (χ1n) is 5.70. The molecule has 0 aromatic carbocycles. The molecular formula is C11H25NS.